The van der Waals surface area contributed by atoms with Gasteiger partial charge in [0.25, 0.3) is 0 Å². The molecule has 2 nitrogen and oxygen atoms in total. The topological polar surface area (TPSA) is 22.1 Å². The van der Waals surface area contributed by atoms with E-state index in [1.807, 2.05) is 6.07 Å². The second-order valence-electron chi connectivity index (χ2n) is 3.49. The zero-order valence-electron chi connectivity index (χ0n) is 9.28. The van der Waals surface area contributed by atoms with Crippen molar-refractivity contribution >= 4 is 11.6 Å². The number of aromatic nitrogens is 1. The number of halogens is 2. The summed E-state index contributed by atoms with van der Waals surface area (Å²) in [5.41, 5.74) is 2.23. The van der Waals surface area contributed by atoms with Crippen molar-refractivity contribution in [1.82, 2.24) is 4.98 Å². The molecule has 0 atom stereocenters. The number of hydrogen-bond acceptors (Lipinski definition) is 2. The van der Waals surface area contributed by atoms with Crippen molar-refractivity contribution in [3.8, 4) is 17.0 Å². The highest BCUT2D eigenvalue weighted by Crippen LogP contribution is 2.28. The van der Waals surface area contributed by atoms with Crippen LogP contribution in [0.1, 0.15) is 5.69 Å². The monoisotopic (exact) mass is 251 g/mol. The Morgan fingerprint density at radius 2 is 1.88 bits per heavy atom. The minimum atomic E-state index is -0.277. The molecule has 88 valence electrons. The van der Waals surface area contributed by atoms with Crippen molar-refractivity contribution in [2.75, 3.05) is 7.11 Å². The van der Waals surface area contributed by atoms with Crippen molar-refractivity contribution in [3.05, 3.63) is 47.9 Å². The van der Waals surface area contributed by atoms with Crippen molar-refractivity contribution in [1.29, 1.82) is 0 Å². The molecule has 2 aromatic rings. The van der Waals surface area contributed by atoms with Crippen LogP contribution in [-0.2, 0) is 5.88 Å². The second kappa shape index (κ2) is 5.15. The third-order valence-electron chi connectivity index (χ3n) is 2.39. The molecule has 0 fully saturated rings. The van der Waals surface area contributed by atoms with E-state index >= 15 is 0 Å². The van der Waals surface area contributed by atoms with Crippen LogP contribution in [0.2, 0.25) is 0 Å². The van der Waals surface area contributed by atoms with Crippen LogP contribution in [0.5, 0.6) is 5.75 Å². The molecule has 0 unspecified atom stereocenters. The quantitative estimate of drug-likeness (QED) is 0.777. The molecule has 4 heteroatoms. The zero-order valence-corrected chi connectivity index (χ0v) is 10.0. The molecule has 0 aliphatic rings. The van der Waals surface area contributed by atoms with Gasteiger partial charge in [0.15, 0.2) is 0 Å². The third kappa shape index (κ3) is 2.56. The molecule has 0 bridgehead atoms. The van der Waals surface area contributed by atoms with E-state index in [1.54, 1.807) is 25.3 Å². The minimum absolute atomic E-state index is 0.277. The summed E-state index contributed by atoms with van der Waals surface area (Å²) in [5.74, 6) is 0.699. The summed E-state index contributed by atoms with van der Waals surface area (Å²) >= 11 is 5.74. The predicted octanol–water partition coefficient (Wildman–Crippen LogP) is 3.64. The fourth-order valence-electron chi connectivity index (χ4n) is 1.54. The predicted molar refractivity (Wildman–Crippen MR) is 65.7 cm³/mol. The Balaban J connectivity index is 2.51. The molecule has 0 spiro atoms. The van der Waals surface area contributed by atoms with Gasteiger partial charge in [-0.1, -0.05) is 0 Å². The van der Waals surface area contributed by atoms with Crippen molar-refractivity contribution < 1.29 is 9.13 Å². The summed E-state index contributed by atoms with van der Waals surface area (Å²) < 4.78 is 18.1. The van der Waals surface area contributed by atoms with Crippen molar-refractivity contribution in [3.63, 3.8) is 0 Å². The average molecular weight is 252 g/mol. The maximum atomic E-state index is 12.9. The summed E-state index contributed by atoms with van der Waals surface area (Å²) in [6.45, 7) is 0. The van der Waals surface area contributed by atoms with E-state index in [4.69, 9.17) is 16.3 Å². The van der Waals surface area contributed by atoms with Crippen LogP contribution in [0.4, 0.5) is 4.39 Å². The van der Waals surface area contributed by atoms with Crippen LogP contribution in [-0.4, -0.2) is 12.1 Å². The Hall–Kier alpha value is -1.61. The lowest BCUT2D eigenvalue weighted by Crippen LogP contribution is -1.94. The molecule has 1 aromatic heterocycles. The van der Waals surface area contributed by atoms with Gasteiger partial charge in [-0.25, -0.2) is 9.37 Å². The van der Waals surface area contributed by atoms with Crippen LogP contribution in [0.3, 0.4) is 0 Å². The Kier molecular flexibility index (Phi) is 3.59. The standard InChI is InChI=1S/C13H11ClFNO/c1-17-12-7-6-11(8-14)16-13(12)9-2-4-10(15)5-3-9/h2-7H,8H2,1H3. The molecule has 0 radical (unpaired) electrons. The molecule has 2 rings (SSSR count). The van der Waals surface area contributed by atoms with Gasteiger partial charge in [0, 0.05) is 5.56 Å². The molecule has 1 aromatic carbocycles. The largest absolute Gasteiger partial charge is 0.494 e. The van der Waals surface area contributed by atoms with E-state index < -0.39 is 0 Å². The van der Waals surface area contributed by atoms with Gasteiger partial charge < -0.3 is 4.74 Å². The van der Waals surface area contributed by atoms with Crippen LogP contribution in [0.25, 0.3) is 11.3 Å². The highest BCUT2D eigenvalue weighted by Gasteiger charge is 2.08. The lowest BCUT2D eigenvalue weighted by atomic mass is 10.1. The van der Waals surface area contributed by atoms with Crippen LogP contribution >= 0.6 is 11.6 Å². The lowest BCUT2D eigenvalue weighted by molar-refractivity contribution is 0.414. The number of pyridine rings is 1. The summed E-state index contributed by atoms with van der Waals surface area (Å²) in [5, 5.41) is 0. The Labute approximate surface area is 104 Å². The number of alkyl halides is 1. The van der Waals surface area contributed by atoms with Gasteiger partial charge >= 0.3 is 0 Å². The van der Waals surface area contributed by atoms with E-state index in [0.717, 1.165) is 11.3 Å². The summed E-state index contributed by atoms with van der Waals surface area (Å²) in [6.07, 6.45) is 0. The number of benzene rings is 1. The second-order valence-corrected chi connectivity index (χ2v) is 3.76. The Bertz CT molecular complexity index is 513. The van der Waals surface area contributed by atoms with E-state index in [-0.39, 0.29) is 5.82 Å². The molecule has 0 aliphatic heterocycles. The van der Waals surface area contributed by atoms with E-state index in [2.05, 4.69) is 4.98 Å². The first-order valence-electron chi connectivity index (χ1n) is 5.10. The van der Waals surface area contributed by atoms with Gasteiger partial charge in [0.05, 0.1) is 18.7 Å². The van der Waals surface area contributed by atoms with Gasteiger partial charge in [0.2, 0.25) is 0 Å². The first kappa shape index (κ1) is 11.9. The third-order valence-corrected chi connectivity index (χ3v) is 2.66. The molecule has 1 heterocycles. The molecule has 0 aliphatic carbocycles. The van der Waals surface area contributed by atoms with E-state index in [1.165, 1.54) is 12.1 Å². The van der Waals surface area contributed by atoms with Gasteiger partial charge in [0.1, 0.15) is 17.3 Å². The molecule has 17 heavy (non-hydrogen) atoms. The summed E-state index contributed by atoms with van der Waals surface area (Å²) in [6, 6.07) is 9.73. The highest BCUT2D eigenvalue weighted by atomic mass is 35.5. The molecule has 0 saturated carbocycles. The van der Waals surface area contributed by atoms with E-state index in [0.29, 0.717) is 17.3 Å². The summed E-state index contributed by atoms with van der Waals surface area (Å²) in [7, 11) is 1.57. The van der Waals surface area contributed by atoms with E-state index in [9.17, 15) is 4.39 Å². The number of hydrogen-bond donors (Lipinski definition) is 0. The van der Waals surface area contributed by atoms with Gasteiger partial charge in [-0.15, -0.1) is 11.6 Å². The molecule has 0 amide bonds. The first-order valence-corrected chi connectivity index (χ1v) is 5.64. The van der Waals surface area contributed by atoms with Gasteiger partial charge in [-0.05, 0) is 36.4 Å². The van der Waals surface area contributed by atoms with Crippen LogP contribution in [0.15, 0.2) is 36.4 Å². The lowest BCUT2D eigenvalue weighted by Gasteiger charge is -2.09. The van der Waals surface area contributed by atoms with Crippen LogP contribution in [0, 0.1) is 5.82 Å². The summed E-state index contributed by atoms with van der Waals surface area (Å²) in [4.78, 5) is 4.38. The fourth-order valence-corrected chi connectivity index (χ4v) is 1.69. The molecule has 0 saturated heterocycles. The Morgan fingerprint density at radius 3 is 2.47 bits per heavy atom. The normalized spacial score (nSPS) is 10.3. The van der Waals surface area contributed by atoms with Crippen molar-refractivity contribution in [2.45, 2.75) is 5.88 Å². The maximum Gasteiger partial charge on any atom is 0.145 e. The highest BCUT2D eigenvalue weighted by molar-refractivity contribution is 6.16. The smallest absolute Gasteiger partial charge is 0.145 e. The fraction of sp³-hybridized carbons (Fsp3) is 0.154. The first-order chi connectivity index (χ1) is 8.24. The van der Waals surface area contributed by atoms with Gasteiger partial charge in [-0.3, -0.25) is 0 Å². The minimum Gasteiger partial charge on any atom is -0.494 e. The molecular formula is C13H11ClFNO. The van der Waals surface area contributed by atoms with Crippen LogP contribution < -0.4 is 4.74 Å². The Morgan fingerprint density at radius 1 is 1.18 bits per heavy atom. The maximum absolute atomic E-state index is 12.9. The number of methoxy groups -OCH3 is 1. The average Bonchev–Trinajstić information content (AvgIpc) is 2.39. The SMILES string of the molecule is COc1ccc(CCl)nc1-c1ccc(F)cc1. The number of nitrogens with zero attached hydrogens (tertiary/aromatic N) is 1. The molecular weight excluding hydrogens is 241 g/mol. The number of ether oxygens (including phenoxy) is 1. The zero-order chi connectivity index (χ0) is 12.3. The molecule has 0 N–H and O–H groups in total. The van der Waals surface area contributed by atoms with Gasteiger partial charge in [-0.2, -0.15) is 0 Å². The van der Waals surface area contributed by atoms with Crippen molar-refractivity contribution in [2.24, 2.45) is 0 Å². The number of rotatable bonds is 3.